The van der Waals surface area contributed by atoms with E-state index in [-0.39, 0.29) is 47.8 Å². The van der Waals surface area contributed by atoms with E-state index < -0.39 is 11.9 Å². The number of carbonyl (C=O) groups is 2. The van der Waals surface area contributed by atoms with Crippen molar-refractivity contribution in [1.82, 2.24) is 0 Å². The van der Waals surface area contributed by atoms with Gasteiger partial charge in [0.1, 0.15) is 0 Å². The topological polar surface area (TPSA) is 74.6 Å². The molecule has 0 saturated heterocycles. The van der Waals surface area contributed by atoms with Crippen molar-refractivity contribution in [2.45, 2.75) is 78.1 Å². The molecule has 0 aliphatic rings. The van der Waals surface area contributed by atoms with Gasteiger partial charge in [0.2, 0.25) is 0 Å². The molecule has 2 N–H and O–H groups in total. The molecule has 0 spiro atoms. The Labute approximate surface area is 157 Å². The van der Waals surface area contributed by atoms with E-state index in [1.54, 1.807) is 0 Å². The maximum atomic E-state index is 10.0. The molecule has 4 radical (unpaired) electrons. The summed E-state index contributed by atoms with van der Waals surface area (Å²) in [6.07, 6.45) is 9.16. The van der Waals surface area contributed by atoms with Crippen molar-refractivity contribution in [1.29, 1.82) is 0 Å². The summed E-state index contributed by atoms with van der Waals surface area (Å²) in [6, 6.07) is 0. The van der Waals surface area contributed by atoms with Gasteiger partial charge in [0.25, 0.3) is 0 Å². The van der Waals surface area contributed by atoms with Crippen LogP contribution in [0.1, 0.15) is 78.1 Å². The van der Waals surface area contributed by atoms with Crippen molar-refractivity contribution in [2.75, 3.05) is 0 Å². The zero-order valence-corrected chi connectivity index (χ0v) is 21.3. The summed E-state index contributed by atoms with van der Waals surface area (Å²) in [5.41, 5.74) is 0. The van der Waals surface area contributed by atoms with Crippen LogP contribution in [0.3, 0.4) is 0 Å². The monoisotopic (exact) mass is 504 g/mol. The zero-order chi connectivity index (χ0) is 14.2. The molecule has 0 aromatic heterocycles. The van der Waals surface area contributed by atoms with E-state index >= 15 is 0 Å². The Morgan fingerprint density at radius 2 is 0.950 bits per heavy atom. The number of hydrogen-bond donors (Lipinski definition) is 2. The third-order valence-electron chi connectivity index (χ3n) is 2.49. The molecule has 4 nitrogen and oxygen atoms in total. The summed E-state index contributed by atoms with van der Waals surface area (Å²) >= 11 is 0. The van der Waals surface area contributed by atoms with Gasteiger partial charge < -0.3 is 10.2 Å². The first kappa shape index (κ1) is 28.7. The molecule has 20 heavy (non-hydrogen) atoms. The first-order valence-electron chi connectivity index (χ1n) is 6.98. The summed E-state index contributed by atoms with van der Waals surface area (Å²) < 4.78 is 0. The van der Waals surface area contributed by atoms with Crippen LogP contribution in [0.4, 0.5) is 0 Å². The fraction of sp³-hybridized carbons (Fsp3) is 0.857. The van der Waals surface area contributed by atoms with Gasteiger partial charge in [0.15, 0.2) is 0 Å². The quantitative estimate of drug-likeness (QED) is 0.356. The van der Waals surface area contributed by atoms with Crippen LogP contribution in [0.15, 0.2) is 0 Å². The van der Waals surface area contributed by atoms with E-state index in [9.17, 15) is 9.59 Å². The number of aliphatic carboxylic acids is 2. The van der Waals surface area contributed by atoms with E-state index in [0.717, 1.165) is 32.1 Å². The van der Waals surface area contributed by atoms with Crippen LogP contribution in [0.5, 0.6) is 0 Å². The van der Waals surface area contributed by atoms with Crippen molar-refractivity contribution >= 4 is 59.8 Å². The molecule has 0 atom stereocenters. The maximum absolute atomic E-state index is 10.0. The number of carboxylic acid groups (broad SMARTS) is 2. The van der Waals surface area contributed by atoms with Crippen molar-refractivity contribution in [3.8, 4) is 0 Å². The summed E-state index contributed by atoms with van der Waals surface area (Å²) in [6.45, 7) is 4.21. The third-order valence-corrected chi connectivity index (χ3v) is 2.49. The van der Waals surface area contributed by atoms with Crippen LogP contribution >= 0.6 is 0 Å². The van der Waals surface area contributed by atoms with Gasteiger partial charge >= 0.3 is 59.8 Å². The van der Waals surface area contributed by atoms with Crippen LogP contribution < -0.4 is 0 Å². The van der Waals surface area contributed by atoms with Crippen molar-refractivity contribution < 1.29 is 19.8 Å². The first-order chi connectivity index (χ1) is 8.54. The van der Waals surface area contributed by atoms with Crippen LogP contribution in [0, 0.1) is 0 Å². The van der Waals surface area contributed by atoms with Gasteiger partial charge in [-0.05, 0) is 12.8 Å². The second-order valence-electron chi connectivity index (χ2n) is 4.41. The zero-order valence-electron chi connectivity index (χ0n) is 13.2. The Morgan fingerprint density at radius 1 is 0.650 bits per heavy atom. The van der Waals surface area contributed by atoms with Crippen molar-refractivity contribution in [3.63, 3.8) is 0 Å². The van der Waals surface area contributed by atoms with Gasteiger partial charge in [-0.15, -0.1) is 0 Å². The minimum atomic E-state index is -0.682. The number of carboxylic acids is 2. The fourth-order valence-corrected chi connectivity index (χ4v) is 1.41. The van der Waals surface area contributed by atoms with Crippen molar-refractivity contribution in [2.24, 2.45) is 0 Å². The summed E-state index contributed by atoms with van der Waals surface area (Å²) in [5.74, 6) is -1.35. The van der Waals surface area contributed by atoms with E-state index in [4.69, 9.17) is 10.2 Å². The molecule has 0 aliphatic heterocycles. The van der Waals surface area contributed by atoms with Crippen molar-refractivity contribution in [3.05, 3.63) is 0 Å². The molecule has 0 saturated carbocycles. The van der Waals surface area contributed by atoms with Crippen LogP contribution in [-0.4, -0.2) is 70.0 Å². The summed E-state index contributed by atoms with van der Waals surface area (Å²) in [5, 5.41) is 16.4. The van der Waals surface area contributed by atoms with Gasteiger partial charge in [-0.3, -0.25) is 9.59 Å². The average molecular weight is 502 g/mol. The molecule has 120 valence electrons. The molecule has 0 bridgehead atoms. The molecule has 0 aromatic carbocycles. The number of hydrogen-bond acceptors (Lipinski definition) is 2. The molecule has 6 heteroatoms. The molecular formula is C14H32O4Sn2. The Balaban J connectivity index is -0.000000119. The van der Waals surface area contributed by atoms with Gasteiger partial charge in [0.05, 0.1) is 0 Å². The van der Waals surface area contributed by atoms with Gasteiger partial charge in [-0.1, -0.05) is 52.4 Å². The fourth-order valence-electron chi connectivity index (χ4n) is 1.41. The normalized spacial score (nSPS) is 8.50. The molecular weight excluding hydrogens is 470 g/mol. The summed E-state index contributed by atoms with van der Waals surface area (Å²) in [4.78, 5) is 19.9. The number of rotatable bonds is 10. The number of unbranched alkanes of at least 4 members (excludes halogenated alkanes) is 6. The van der Waals surface area contributed by atoms with Gasteiger partial charge in [-0.25, -0.2) is 0 Å². The van der Waals surface area contributed by atoms with E-state index in [1.165, 1.54) is 19.3 Å². The second kappa shape index (κ2) is 24.5. The standard InChI is InChI=1S/C8H16O2.C6H12O2.2Sn.4H/c1-2-3-4-5-6-7-8(9)10;1-2-3-4-5-6(7)8;;;;;;/h2-7H2,1H3,(H,9,10);2-5H2,1H3,(H,7,8);;;;;;. The SMILES string of the molecule is CCCCCC(=O)O.CCCCCCCC(=O)O.[SnH2].[SnH2]. The molecule has 0 heterocycles. The Kier molecular flexibility index (Phi) is 35.2. The van der Waals surface area contributed by atoms with Gasteiger partial charge in [0, 0.05) is 12.8 Å². The predicted molar refractivity (Wildman–Crippen MR) is 89.9 cm³/mol. The van der Waals surface area contributed by atoms with E-state index in [0.29, 0.717) is 12.8 Å². The molecule has 0 unspecified atom stereocenters. The molecule has 0 fully saturated rings. The third kappa shape index (κ3) is 36.3. The predicted octanol–water partition coefficient (Wildman–Crippen LogP) is 2.25. The summed E-state index contributed by atoms with van der Waals surface area (Å²) in [7, 11) is 0. The van der Waals surface area contributed by atoms with Crippen LogP contribution in [0.25, 0.3) is 0 Å². The van der Waals surface area contributed by atoms with Gasteiger partial charge in [-0.2, -0.15) is 0 Å². The van der Waals surface area contributed by atoms with E-state index in [1.807, 2.05) is 0 Å². The Morgan fingerprint density at radius 3 is 1.30 bits per heavy atom. The molecule has 0 aliphatic carbocycles. The molecule has 0 amide bonds. The Hall–Kier alpha value is 0.537. The molecule has 0 aromatic rings. The Bertz CT molecular complexity index is 211. The second-order valence-corrected chi connectivity index (χ2v) is 4.41. The van der Waals surface area contributed by atoms with Crippen LogP contribution in [-0.2, 0) is 9.59 Å². The molecule has 0 rings (SSSR count). The van der Waals surface area contributed by atoms with Crippen LogP contribution in [0.2, 0.25) is 0 Å². The first-order valence-corrected chi connectivity index (χ1v) is 6.98. The van der Waals surface area contributed by atoms with E-state index in [2.05, 4.69) is 13.8 Å². The minimum absolute atomic E-state index is 0. The average Bonchev–Trinajstić information content (AvgIpc) is 2.29.